The van der Waals surface area contributed by atoms with E-state index in [1.807, 2.05) is 11.1 Å². The van der Waals surface area contributed by atoms with Crippen molar-refractivity contribution in [2.24, 2.45) is 5.92 Å². The fraction of sp³-hybridized carbons (Fsp3) is 0.812. The summed E-state index contributed by atoms with van der Waals surface area (Å²) in [7, 11) is 1.67. The van der Waals surface area contributed by atoms with Gasteiger partial charge in [-0.15, -0.1) is 5.10 Å². The summed E-state index contributed by atoms with van der Waals surface area (Å²) in [6, 6.07) is 0.0238. The van der Waals surface area contributed by atoms with Crippen molar-refractivity contribution in [2.75, 3.05) is 33.4 Å². The van der Waals surface area contributed by atoms with Crippen molar-refractivity contribution in [3.8, 4) is 0 Å². The zero-order valence-electron chi connectivity index (χ0n) is 14.5. The molecule has 2 fully saturated rings. The van der Waals surface area contributed by atoms with Gasteiger partial charge in [0.15, 0.2) is 0 Å². The Kier molecular flexibility index (Phi) is 5.68. The van der Waals surface area contributed by atoms with E-state index in [2.05, 4.69) is 22.6 Å². The Labute approximate surface area is 142 Å². The fourth-order valence-corrected chi connectivity index (χ4v) is 2.99. The Morgan fingerprint density at radius 2 is 2.33 bits per heavy atom. The predicted molar refractivity (Wildman–Crippen MR) is 87.5 cm³/mol. The zero-order chi connectivity index (χ0) is 16.9. The van der Waals surface area contributed by atoms with Crippen molar-refractivity contribution in [3.63, 3.8) is 0 Å². The molecule has 2 aliphatic rings. The summed E-state index contributed by atoms with van der Waals surface area (Å²) < 4.78 is 12.6. The van der Waals surface area contributed by atoms with Crippen LogP contribution >= 0.6 is 0 Å². The van der Waals surface area contributed by atoms with Gasteiger partial charge in [0.25, 0.3) is 0 Å². The monoisotopic (exact) mass is 337 g/mol. The molecule has 2 heterocycles. The number of hydrogen-bond donors (Lipinski definition) is 1. The van der Waals surface area contributed by atoms with Gasteiger partial charge in [-0.05, 0) is 25.2 Å². The minimum atomic E-state index is -0.0164. The minimum Gasteiger partial charge on any atom is -0.377 e. The van der Waals surface area contributed by atoms with E-state index in [4.69, 9.17) is 9.47 Å². The van der Waals surface area contributed by atoms with E-state index in [0.717, 1.165) is 25.2 Å². The quantitative estimate of drug-likeness (QED) is 0.771. The second-order valence-electron chi connectivity index (χ2n) is 6.62. The highest BCUT2D eigenvalue weighted by Gasteiger charge is 2.31. The lowest BCUT2D eigenvalue weighted by Crippen LogP contribution is -2.41. The van der Waals surface area contributed by atoms with Crippen molar-refractivity contribution in [1.82, 2.24) is 25.2 Å². The standard InChI is InChI=1S/C16H27N5O3/c1-3-6-20(8-12-4-5-12)16(22)17-7-13-9-21(19-18-13)14-10-24-11-15(14)23-2/h9,12,14-15H,3-8,10-11H2,1-2H3,(H,17,22)/t14-,15-/m1/s1. The molecule has 1 aliphatic heterocycles. The maximum Gasteiger partial charge on any atom is 0.317 e. The summed E-state index contributed by atoms with van der Waals surface area (Å²) in [5, 5.41) is 11.3. The van der Waals surface area contributed by atoms with Crippen LogP contribution in [0, 0.1) is 5.92 Å². The van der Waals surface area contributed by atoms with E-state index in [1.165, 1.54) is 12.8 Å². The molecule has 0 spiro atoms. The van der Waals surface area contributed by atoms with Gasteiger partial charge in [0, 0.05) is 20.2 Å². The highest BCUT2D eigenvalue weighted by atomic mass is 16.5. The molecule has 0 unspecified atom stereocenters. The number of nitrogens with zero attached hydrogens (tertiary/aromatic N) is 4. The average Bonchev–Trinajstić information content (AvgIpc) is 3.10. The fourth-order valence-electron chi connectivity index (χ4n) is 2.99. The van der Waals surface area contributed by atoms with Crippen molar-refractivity contribution in [2.45, 2.75) is 44.9 Å². The van der Waals surface area contributed by atoms with E-state index in [-0.39, 0.29) is 18.2 Å². The van der Waals surface area contributed by atoms with Crippen LogP contribution in [0.1, 0.15) is 37.9 Å². The lowest BCUT2D eigenvalue weighted by atomic mass is 10.2. The third-order valence-electron chi connectivity index (χ3n) is 4.58. The Morgan fingerprint density at radius 3 is 3.04 bits per heavy atom. The van der Waals surface area contributed by atoms with Gasteiger partial charge >= 0.3 is 6.03 Å². The largest absolute Gasteiger partial charge is 0.377 e. The molecule has 0 radical (unpaired) electrons. The maximum absolute atomic E-state index is 12.4. The van der Waals surface area contributed by atoms with Gasteiger partial charge in [0.2, 0.25) is 0 Å². The number of carbonyl (C=O) groups is 1. The van der Waals surface area contributed by atoms with E-state index >= 15 is 0 Å². The first-order valence-electron chi connectivity index (χ1n) is 8.75. The Bertz CT molecular complexity index is 546. The number of methoxy groups -OCH3 is 1. The zero-order valence-corrected chi connectivity index (χ0v) is 14.5. The predicted octanol–water partition coefficient (Wildman–Crippen LogP) is 1.20. The van der Waals surface area contributed by atoms with E-state index in [0.29, 0.717) is 25.7 Å². The lowest BCUT2D eigenvalue weighted by Gasteiger charge is -2.22. The van der Waals surface area contributed by atoms with Crippen molar-refractivity contribution >= 4 is 6.03 Å². The third kappa shape index (κ3) is 4.24. The SMILES string of the molecule is CCCN(CC1CC1)C(=O)NCc1cn([C@@H]2COC[C@H]2OC)nn1. The number of urea groups is 1. The van der Waals surface area contributed by atoms with Crippen molar-refractivity contribution in [3.05, 3.63) is 11.9 Å². The minimum absolute atomic E-state index is 0.00673. The molecule has 3 rings (SSSR count). The first-order chi connectivity index (χ1) is 11.7. The molecule has 1 aromatic rings. The molecule has 8 nitrogen and oxygen atoms in total. The van der Waals surface area contributed by atoms with Crippen molar-refractivity contribution in [1.29, 1.82) is 0 Å². The summed E-state index contributed by atoms with van der Waals surface area (Å²) in [6.07, 6.45) is 5.30. The van der Waals surface area contributed by atoms with Crippen LogP contribution < -0.4 is 5.32 Å². The topological polar surface area (TPSA) is 81.5 Å². The van der Waals surface area contributed by atoms with Crippen molar-refractivity contribution < 1.29 is 14.3 Å². The van der Waals surface area contributed by atoms with Crippen LogP contribution in [0.15, 0.2) is 6.20 Å². The molecule has 1 aliphatic carbocycles. The Balaban J connectivity index is 1.51. The first-order valence-corrected chi connectivity index (χ1v) is 8.75. The molecule has 0 aromatic carbocycles. The average molecular weight is 337 g/mol. The molecule has 1 saturated carbocycles. The van der Waals surface area contributed by atoms with Crippen LogP contribution in [-0.4, -0.2) is 65.4 Å². The van der Waals surface area contributed by atoms with E-state index in [1.54, 1.807) is 11.8 Å². The second kappa shape index (κ2) is 7.94. The van der Waals surface area contributed by atoms with Crippen LogP contribution in [0.5, 0.6) is 0 Å². The second-order valence-corrected chi connectivity index (χ2v) is 6.62. The molecule has 1 saturated heterocycles. The lowest BCUT2D eigenvalue weighted by molar-refractivity contribution is 0.0661. The van der Waals surface area contributed by atoms with Gasteiger partial charge in [-0.25, -0.2) is 9.48 Å². The molecule has 0 bridgehead atoms. The third-order valence-corrected chi connectivity index (χ3v) is 4.58. The summed E-state index contributed by atoms with van der Waals surface area (Å²) in [6.45, 7) is 5.27. The van der Waals surface area contributed by atoms with Gasteiger partial charge < -0.3 is 19.7 Å². The molecule has 134 valence electrons. The van der Waals surface area contributed by atoms with Crippen LogP contribution in [0.3, 0.4) is 0 Å². The highest BCUT2D eigenvalue weighted by Crippen LogP contribution is 2.29. The van der Waals surface area contributed by atoms with Gasteiger partial charge in [-0.2, -0.15) is 0 Å². The van der Waals surface area contributed by atoms with E-state index in [9.17, 15) is 4.79 Å². The number of hydrogen-bond acceptors (Lipinski definition) is 5. The van der Waals surface area contributed by atoms with Gasteiger partial charge in [0.1, 0.15) is 17.8 Å². The first kappa shape index (κ1) is 17.2. The van der Waals surface area contributed by atoms with Crippen LogP contribution in [0.2, 0.25) is 0 Å². The molecule has 2 amide bonds. The number of carbonyl (C=O) groups excluding carboxylic acids is 1. The summed E-state index contributed by atoms with van der Waals surface area (Å²) in [5.74, 6) is 0.691. The van der Waals surface area contributed by atoms with Crippen LogP contribution in [0.25, 0.3) is 0 Å². The number of aromatic nitrogens is 3. The van der Waals surface area contributed by atoms with E-state index < -0.39 is 0 Å². The van der Waals surface area contributed by atoms with Crippen LogP contribution in [0.4, 0.5) is 4.79 Å². The number of nitrogens with one attached hydrogen (secondary N) is 1. The van der Waals surface area contributed by atoms with Gasteiger partial charge in [-0.1, -0.05) is 12.1 Å². The Hall–Kier alpha value is -1.67. The molecule has 24 heavy (non-hydrogen) atoms. The molecule has 8 heteroatoms. The highest BCUT2D eigenvalue weighted by molar-refractivity contribution is 5.74. The molecule has 1 N–H and O–H groups in total. The number of amides is 2. The molecular formula is C16H27N5O3. The number of rotatable bonds is 8. The molecular weight excluding hydrogens is 310 g/mol. The summed E-state index contributed by atoms with van der Waals surface area (Å²) in [5.41, 5.74) is 0.743. The number of ether oxygens (including phenoxy) is 2. The normalized spacial score (nSPS) is 23.4. The van der Waals surface area contributed by atoms with Gasteiger partial charge in [0.05, 0.1) is 26.0 Å². The van der Waals surface area contributed by atoms with Crippen LogP contribution in [-0.2, 0) is 16.0 Å². The molecule has 1 aromatic heterocycles. The van der Waals surface area contributed by atoms with Gasteiger partial charge in [-0.3, -0.25) is 0 Å². The molecule has 2 atom stereocenters. The summed E-state index contributed by atoms with van der Waals surface area (Å²) >= 11 is 0. The smallest absolute Gasteiger partial charge is 0.317 e. The summed E-state index contributed by atoms with van der Waals surface area (Å²) in [4.78, 5) is 14.3. The Morgan fingerprint density at radius 1 is 1.50 bits per heavy atom. The maximum atomic E-state index is 12.4.